The lowest BCUT2D eigenvalue weighted by Crippen LogP contribution is -2.09. The Morgan fingerprint density at radius 2 is 0.312 bits per heavy atom. The van der Waals surface area contributed by atoms with Crippen LogP contribution in [0.3, 0.4) is 0 Å². The Kier molecular flexibility index (Phi) is 11.6. The van der Waals surface area contributed by atoms with Crippen molar-refractivity contribution >= 4 is 98.8 Å². The summed E-state index contributed by atoms with van der Waals surface area (Å²) in [7, 11) is 0. The van der Waals surface area contributed by atoms with E-state index in [-0.39, 0.29) is 0 Å². The molecule has 0 bridgehead atoms. The maximum absolute atomic E-state index is 2.44. The fourth-order valence-electron chi connectivity index (χ4n) is 12.5. The van der Waals surface area contributed by atoms with Crippen LogP contribution in [-0.4, -0.2) is 0 Å². The molecule has 0 fully saturated rings. The Bertz CT molecular complexity index is 4380. The monoisotopic (exact) mass is 1020 g/mol. The van der Waals surface area contributed by atoms with Gasteiger partial charge in [0.2, 0.25) is 0 Å². The number of hydrogen-bond donors (Lipinski definition) is 0. The van der Waals surface area contributed by atoms with Crippen molar-refractivity contribution < 1.29 is 0 Å². The largest absolute Gasteiger partial charge is 0.311 e. The van der Waals surface area contributed by atoms with E-state index in [2.05, 4.69) is 325 Å². The van der Waals surface area contributed by atoms with Crippen molar-refractivity contribution in [2.45, 2.75) is 0 Å². The van der Waals surface area contributed by atoms with Gasteiger partial charge in [-0.25, -0.2) is 0 Å². The molecule has 0 saturated carbocycles. The number of nitrogens with zero attached hydrogens (tertiary/aromatic N) is 2. The predicted molar refractivity (Wildman–Crippen MR) is 343 cm³/mol. The zero-order chi connectivity index (χ0) is 52.9. The molecular weight excluding hydrogens is 965 g/mol. The molecule has 0 aliphatic carbocycles. The second-order valence-corrected chi connectivity index (χ2v) is 20.8. The molecule has 0 atom stereocenters. The topological polar surface area (TPSA) is 6.48 Å². The lowest BCUT2D eigenvalue weighted by molar-refractivity contribution is 1.28. The van der Waals surface area contributed by atoms with Crippen molar-refractivity contribution in [3.63, 3.8) is 0 Å². The highest BCUT2D eigenvalue weighted by atomic mass is 15.1. The number of anilines is 6. The van der Waals surface area contributed by atoms with Gasteiger partial charge >= 0.3 is 0 Å². The number of fused-ring (bicyclic) bond motifs is 10. The second-order valence-electron chi connectivity index (χ2n) is 20.8. The van der Waals surface area contributed by atoms with E-state index in [0.29, 0.717) is 0 Å². The van der Waals surface area contributed by atoms with Crippen LogP contribution in [0.2, 0.25) is 0 Å². The normalized spacial score (nSPS) is 11.5. The minimum atomic E-state index is 1.11. The molecule has 0 aliphatic rings. The molecule has 0 radical (unpaired) electrons. The SMILES string of the molecule is c1ccc(N(c2ccccc2)c2ccc(-c3cc4c5ccccc5c(-c5ccc(-c6cc7c8ccccc8c(-c8ccc(N(c9ccccc9)c9ccccc9)cc8)cc7c7ccccc67)cc5)cc4c4ccccc34)cc2)cc1. The first-order chi connectivity index (χ1) is 39.7. The smallest absolute Gasteiger partial charge is 0.0462 e. The zero-order valence-corrected chi connectivity index (χ0v) is 43.9. The highest BCUT2D eigenvalue weighted by Crippen LogP contribution is 2.46. The van der Waals surface area contributed by atoms with Gasteiger partial charge < -0.3 is 9.80 Å². The van der Waals surface area contributed by atoms with E-state index < -0.39 is 0 Å². The quantitative estimate of drug-likeness (QED) is 0.126. The van der Waals surface area contributed by atoms with Crippen molar-refractivity contribution in [1.82, 2.24) is 0 Å². The van der Waals surface area contributed by atoms with Gasteiger partial charge in [0.25, 0.3) is 0 Å². The van der Waals surface area contributed by atoms with Gasteiger partial charge in [0, 0.05) is 34.1 Å². The van der Waals surface area contributed by atoms with Gasteiger partial charge in [-0.05, 0) is 206 Å². The minimum absolute atomic E-state index is 1.11. The summed E-state index contributed by atoms with van der Waals surface area (Å²) in [6, 6.07) is 115. The Balaban J connectivity index is 0.808. The summed E-state index contributed by atoms with van der Waals surface area (Å²) in [4.78, 5) is 4.64. The molecule has 0 heterocycles. The Hall–Kier alpha value is -10.5. The van der Waals surface area contributed by atoms with E-state index in [1.54, 1.807) is 0 Å². The van der Waals surface area contributed by atoms with Crippen LogP contribution >= 0.6 is 0 Å². The van der Waals surface area contributed by atoms with Crippen molar-refractivity contribution in [1.29, 1.82) is 0 Å². The van der Waals surface area contributed by atoms with Gasteiger partial charge in [-0.2, -0.15) is 0 Å². The van der Waals surface area contributed by atoms with Gasteiger partial charge in [0.15, 0.2) is 0 Å². The fourth-order valence-corrected chi connectivity index (χ4v) is 12.5. The van der Waals surface area contributed by atoms with Gasteiger partial charge in [-0.1, -0.05) is 218 Å². The van der Waals surface area contributed by atoms with E-state index in [4.69, 9.17) is 0 Å². The summed E-state index contributed by atoms with van der Waals surface area (Å²) in [5, 5.41) is 14.9. The summed E-state index contributed by atoms with van der Waals surface area (Å²) in [5.41, 5.74) is 16.4. The summed E-state index contributed by atoms with van der Waals surface area (Å²) in [6.07, 6.45) is 0. The average molecular weight is 1020 g/mol. The molecule has 374 valence electrons. The third-order valence-electron chi connectivity index (χ3n) is 16.2. The molecule has 80 heavy (non-hydrogen) atoms. The molecule has 0 spiro atoms. The maximum Gasteiger partial charge on any atom is 0.0462 e. The number of benzene rings is 15. The third kappa shape index (κ3) is 8.13. The van der Waals surface area contributed by atoms with Crippen molar-refractivity contribution in [3.05, 3.63) is 315 Å². The fraction of sp³-hybridized carbons (Fsp3) is 0. The first-order valence-electron chi connectivity index (χ1n) is 27.6. The van der Waals surface area contributed by atoms with Crippen molar-refractivity contribution in [3.8, 4) is 44.5 Å². The minimum Gasteiger partial charge on any atom is -0.311 e. The summed E-state index contributed by atoms with van der Waals surface area (Å²) < 4.78 is 0. The van der Waals surface area contributed by atoms with Crippen LogP contribution in [0.25, 0.3) is 109 Å². The number of para-hydroxylation sites is 4. The first-order valence-corrected chi connectivity index (χ1v) is 27.6. The molecule has 0 N–H and O–H groups in total. The number of rotatable bonds is 10. The van der Waals surface area contributed by atoms with E-state index in [0.717, 1.165) is 34.1 Å². The standard InChI is InChI=1S/C78H52N2/c1-5-21-57(22-6-1)79(58-23-7-2-8-24-58)61-45-41-55(42-46-61)73-51-77-67-33-17-13-29-63(67)71(49-75(77)69-35-19-15-31-65(69)73)53-37-39-54(40-38-53)72-50-76-70-36-20-16-32-66(70)74(52-78(76)68-34-18-14-30-64(68)72)56-43-47-62(48-44-56)80(59-25-9-3-10-26-59)60-27-11-4-12-28-60/h1-52H. The van der Waals surface area contributed by atoms with E-state index in [1.165, 1.54) is 109 Å². The Morgan fingerprint density at radius 1 is 0.138 bits per heavy atom. The Labute approximate surface area is 465 Å². The van der Waals surface area contributed by atoms with Crippen molar-refractivity contribution in [2.24, 2.45) is 0 Å². The van der Waals surface area contributed by atoms with Crippen LogP contribution in [0.4, 0.5) is 34.1 Å². The van der Waals surface area contributed by atoms with Crippen LogP contribution in [-0.2, 0) is 0 Å². The van der Waals surface area contributed by atoms with Gasteiger partial charge in [0.1, 0.15) is 0 Å². The van der Waals surface area contributed by atoms with Gasteiger partial charge in [0.05, 0.1) is 0 Å². The van der Waals surface area contributed by atoms with Crippen LogP contribution in [0.5, 0.6) is 0 Å². The lowest BCUT2D eigenvalue weighted by Gasteiger charge is -2.25. The summed E-state index contributed by atoms with van der Waals surface area (Å²) in [6.45, 7) is 0. The van der Waals surface area contributed by atoms with Gasteiger partial charge in [-0.3, -0.25) is 0 Å². The zero-order valence-electron chi connectivity index (χ0n) is 43.9. The molecule has 0 unspecified atom stereocenters. The van der Waals surface area contributed by atoms with Crippen LogP contribution < -0.4 is 9.80 Å². The molecule has 0 aromatic heterocycles. The van der Waals surface area contributed by atoms with E-state index >= 15 is 0 Å². The van der Waals surface area contributed by atoms with Crippen LogP contribution in [0.1, 0.15) is 0 Å². The van der Waals surface area contributed by atoms with Crippen molar-refractivity contribution in [2.75, 3.05) is 9.80 Å². The Morgan fingerprint density at radius 3 is 0.537 bits per heavy atom. The second kappa shape index (κ2) is 19.8. The third-order valence-corrected chi connectivity index (χ3v) is 16.2. The van der Waals surface area contributed by atoms with Crippen LogP contribution in [0, 0.1) is 0 Å². The van der Waals surface area contributed by atoms with Gasteiger partial charge in [-0.15, -0.1) is 0 Å². The molecule has 15 rings (SSSR count). The summed E-state index contributed by atoms with van der Waals surface area (Å²) in [5.74, 6) is 0. The van der Waals surface area contributed by atoms with Crippen LogP contribution in [0.15, 0.2) is 315 Å². The molecule has 2 nitrogen and oxygen atoms in total. The summed E-state index contributed by atoms with van der Waals surface area (Å²) >= 11 is 0. The predicted octanol–water partition coefficient (Wildman–Crippen LogP) is 22.2. The highest BCUT2D eigenvalue weighted by Gasteiger charge is 2.20. The maximum atomic E-state index is 2.44. The molecule has 15 aromatic rings. The lowest BCUT2D eigenvalue weighted by atomic mass is 9.86. The average Bonchev–Trinajstić information content (AvgIpc) is 3.71. The first kappa shape index (κ1) is 46.7. The molecule has 2 heteroatoms. The van der Waals surface area contributed by atoms with E-state index in [1.807, 2.05) is 0 Å². The number of hydrogen-bond acceptors (Lipinski definition) is 2. The molecule has 0 aliphatic heterocycles. The highest BCUT2D eigenvalue weighted by molar-refractivity contribution is 6.25. The molecule has 0 amide bonds. The molecule has 15 aromatic carbocycles. The van der Waals surface area contributed by atoms with E-state index in [9.17, 15) is 0 Å². The molecular formula is C78H52N2. The molecule has 0 saturated heterocycles.